The number of halogens is 1. The van der Waals surface area contributed by atoms with Crippen molar-refractivity contribution in [2.24, 2.45) is 5.92 Å². The number of rotatable bonds is 3. The van der Waals surface area contributed by atoms with Crippen LogP contribution in [0.4, 0.5) is 0 Å². The first-order chi connectivity index (χ1) is 13.3. The van der Waals surface area contributed by atoms with Crippen molar-refractivity contribution in [1.82, 2.24) is 0 Å². The number of fused-ring (bicyclic) bond motifs is 3. The maximum Gasteiger partial charge on any atom is 0.231 e. The summed E-state index contributed by atoms with van der Waals surface area (Å²) in [5.74, 6) is -0.584. The molecule has 4 rings (SSSR count). The highest BCUT2D eigenvalue weighted by atomic mass is 79.9. The van der Waals surface area contributed by atoms with Gasteiger partial charge in [-0.1, -0.05) is 52.3 Å². The quantitative estimate of drug-likeness (QED) is 0.386. The lowest BCUT2D eigenvalue weighted by atomic mass is 9.61. The van der Waals surface area contributed by atoms with Crippen molar-refractivity contribution >= 4 is 22.2 Å². The predicted molar refractivity (Wildman–Crippen MR) is 109 cm³/mol. The van der Waals surface area contributed by atoms with Gasteiger partial charge in [-0.05, 0) is 37.6 Å². The minimum absolute atomic E-state index is 0.223. The molecule has 4 atom stereocenters. The molecule has 0 bridgehead atoms. The van der Waals surface area contributed by atoms with E-state index in [0.29, 0.717) is 11.3 Å². The van der Waals surface area contributed by atoms with Crippen LogP contribution in [-0.4, -0.2) is 22.9 Å². The fourth-order valence-electron chi connectivity index (χ4n) is 4.67. The molecular formula is C22H20BrNO4. The van der Waals surface area contributed by atoms with E-state index in [1.807, 2.05) is 68.5 Å². The first kappa shape index (κ1) is 18.9. The predicted octanol–water partition coefficient (Wildman–Crippen LogP) is 4.89. The van der Waals surface area contributed by atoms with Crippen molar-refractivity contribution in [3.8, 4) is 5.75 Å². The Morgan fingerprint density at radius 1 is 1.14 bits per heavy atom. The van der Waals surface area contributed by atoms with Crippen LogP contribution >= 0.6 is 15.9 Å². The Morgan fingerprint density at radius 3 is 2.46 bits per heavy atom. The smallest absolute Gasteiger partial charge is 0.231 e. The van der Waals surface area contributed by atoms with Gasteiger partial charge < -0.3 is 4.74 Å². The standard InChI is InChI=1S/C22H20BrNO4/c1-22(2)17-11-14(12-25)19(13-7-9-15(23)10-8-13)21(24(26)27)20(17)16-5-3-4-6-18(16)28-22/h3-12,17,19-21H,1-2H3/t17-,19+,20+,21-/m0/s1. The fraction of sp³-hybridized carbons (Fsp3) is 0.318. The normalized spacial score (nSPS) is 27.6. The Kier molecular flexibility index (Phi) is 4.62. The molecule has 6 heteroatoms. The molecule has 0 radical (unpaired) electrons. The van der Waals surface area contributed by atoms with E-state index in [-0.39, 0.29) is 16.8 Å². The van der Waals surface area contributed by atoms with Gasteiger partial charge in [0.05, 0.1) is 11.8 Å². The van der Waals surface area contributed by atoms with Crippen LogP contribution in [0.1, 0.15) is 36.8 Å². The molecule has 1 aliphatic carbocycles. The van der Waals surface area contributed by atoms with E-state index in [2.05, 4.69) is 15.9 Å². The Balaban J connectivity index is 1.96. The zero-order valence-electron chi connectivity index (χ0n) is 15.5. The monoisotopic (exact) mass is 441 g/mol. The molecule has 2 aliphatic rings. The molecule has 28 heavy (non-hydrogen) atoms. The summed E-state index contributed by atoms with van der Waals surface area (Å²) < 4.78 is 7.06. The van der Waals surface area contributed by atoms with E-state index in [9.17, 15) is 14.9 Å². The zero-order chi connectivity index (χ0) is 20.1. The molecule has 0 unspecified atom stereocenters. The van der Waals surface area contributed by atoms with Gasteiger partial charge in [0.1, 0.15) is 17.6 Å². The molecule has 0 saturated heterocycles. The molecule has 0 saturated carbocycles. The Morgan fingerprint density at radius 2 is 1.82 bits per heavy atom. The summed E-state index contributed by atoms with van der Waals surface area (Å²) in [6.07, 6.45) is 2.65. The van der Waals surface area contributed by atoms with E-state index < -0.39 is 17.6 Å². The van der Waals surface area contributed by atoms with Gasteiger partial charge in [0, 0.05) is 26.5 Å². The molecule has 0 spiro atoms. The highest BCUT2D eigenvalue weighted by Gasteiger charge is 2.56. The average molecular weight is 442 g/mol. The van der Waals surface area contributed by atoms with E-state index in [4.69, 9.17) is 4.74 Å². The van der Waals surface area contributed by atoms with Gasteiger partial charge in [-0.25, -0.2) is 0 Å². The molecule has 1 heterocycles. The summed E-state index contributed by atoms with van der Waals surface area (Å²) in [6.45, 7) is 3.85. The minimum atomic E-state index is -0.958. The first-order valence-corrected chi connectivity index (χ1v) is 9.96. The second-order valence-corrected chi connectivity index (χ2v) is 8.80. The number of aldehydes is 1. The van der Waals surface area contributed by atoms with Crippen LogP contribution in [0.15, 0.2) is 64.7 Å². The third-order valence-corrected chi connectivity index (χ3v) is 6.42. The zero-order valence-corrected chi connectivity index (χ0v) is 17.1. The van der Waals surface area contributed by atoms with Crippen molar-refractivity contribution in [1.29, 1.82) is 0 Å². The van der Waals surface area contributed by atoms with Crippen LogP contribution in [-0.2, 0) is 4.79 Å². The van der Waals surface area contributed by atoms with Gasteiger partial charge in [0.15, 0.2) is 0 Å². The first-order valence-electron chi connectivity index (χ1n) is 9.17. The fourth-order valence-corrected chi connectivity index (χ4v) is 4.93. The van der Waals surface area contributed by atoms with Crippen LogP contribution in [0.5, 0.6) is 5.75 Å². The number of carbonyl (C=O) groups excluding carboxylic acids is 1. The summed E-state index contributed by atoms with van der Waals surface area (Å²) in [4.78, 5) is 24.1. The summed E-state index contributed by atoms with van der Waals surface area (Å²) in [5.41, 5.74) is 1.38. The number of nitro groups is 1. The maximum absolute atomic E-state index is 12.4. The molecule has 0 amide bonds. The molecule has 2 aromatic rings. The van der Waals surface area contributed by atoms with Gasteiger partial charge in [-0.3, -0.25) is 14.9 Å². The molecule has 0 fully saturated rings. The number of nitrogens with zero attached hydrogens (tertiary/aromatic N) is 1. The van der Waals surface area contributed by atoms with E-state index in [0.717, 1.165) is 21.9 Å². The highest BCUT2D eigenvalue weighted by Crippen LogP contribution is 2.54. The molecule has 2 aromatic carbocycles. The average Bonchev–Trinajstić information content (AvgIpc) is 2.66. The number of carbonyl (C=O) groups is 1. The molecule has 1 aliphatic heterocycles. The lowest BCUT2D eigenvalue weighted by molar-refractivity contribution is -0.532. The highest BCUT2D eigenvalue weighted by molar-refractivity contribution is 9.10. The van der Waals surface area contributed by atoms with Crippen molar-refractivity contribution in [3.05, 3.63) is 85.9 Å². The van der Waals surface area contributed by atoms with Crippen LogP contribution in [0.2, 0.25) is 0 Å². The van der Waals surface area contributed by atoms with Crippen LogP contribution in [0, 0.1) is 16.0 Å². The Bertz CT molecular complexity index is 967. The third kappa shape index (κ3) is 2.96. The summed E-state index contributed by atoms with van der Waals surface area (Å²) in [5, 5.41) is 12.4. The molecule has 0 aromatic heterocycles. The van der Waals surface area contributed by atoms with E-state index >= 15 is 0 Å². The van der Waals surface area contributed by atoms with Gasteiger partial charge in [0.25, 0.3) is 0 Å². The lowest BCUT2D eigenvalue weighted by Crippen LogP contribution is -2.52. The molecule has 0 N–H and O–H groups in total. The number of para-hydroxylation sites is 1. The minimum Gasteiger partial charge on any atom is -0.487 e. The summed E-state index contributed by atoms with van der Waals surface area (Å²) >= 11 is 3.40. The number of ether oxygens (including phenoxy) is 1. The third-order valence-electron chi connectivity index (χ3n) is 5.89. The van der Waals surface area contributed by atoms with Crippen LogP contribution in [0.3, 0.4) is 0 Å². The van der Waals surface area contributed by atoms with Crippen molar-refractivity contribution in [3.63, 3.8) is 0 Å². The van der Waals surface area contributed by atoms with Crippen LogP contribution in [0.25, 0.3) is 0 Å². The topological polar surface area (TPSA) is 69.4 Å². The van der Waals surface area contributed by atoms with Gasteiger partial charge in [-0.2, -0.15) is 0 Å². The second kappa shape index (κ2) is 6.85. The number of hydrogen-bond acceptors (Lipinski definition) is 4. The summed E-state index contributed by atoms with van der Waals surface area (Å²) in [6, 6.07) is 13.9. The van der Waals surface area contributed by atoms with Crippen molar-refractivity contribution in [2.45, 2.75) is 37.3 Å². The largest absolute Gasteiger partial charge is 0.487 e. The van der Waals surface area contributed by atoms with Gasteiger partial charge in [0.2, 0.25) is 6.04 Å². The molecular weight excluding hydrogens is 422 g/mol. The van der Waals surface area contributed by atoms with Gasteiger partial charge in [-0.15, -0.1) is 0 Å². The van der Waals surface area contributed by atoms with E-state index in [1.165, 1.54) is 0 Å². The van der Waals surface area contributed by atoms with Crippen molar-refractivity contribution in [2.75, 3.05) is 0 Å². The van der Waals surface area contributed by atoms with Gasteiger partial charge >= 0.3 is 0 Å². The van der Waals surface area contributed by atoms with Crippen molar-refractivity contribution < 1.29 is 14.5 Å². The maximum atomic E-state index is 12.4. The van der Waals surface area contributed by atoms with E-state index in [1.54, 1.807) is 0 Å². The molecule has 5 nitrogen and oxygen atoms in total. The van der Waals surface area contributed by atoms with Crippen LogP contribution < -0.4 is 4.74 Å². The molecule has 144 valence electrons. The number of benzene rings is 2. The second-order valence-electron chi connectivity index (χ2n) is 7.88. The number of hydrogen-bond donors (Lipinski definition) is 0. The Hall–Kier alpha value is -2.47. The Labute approximate surface area is 171 Å². The SMILES string of the molecule is CC1(C)Oc2ccccc2[C@H]2[C@@H]([N+](=O)[O-])[C@H](c3ccc(Br)cc3)C(C=O)=C[C@@H]21. The summed E-state index contributed by atoms with van der Waals surface area (Å²) in [7, 11) is 0. The lowest BCUT2D eigenvalue weighted by Gasteiger charge is -2.48.